The molecule has 3 heterocycles. The highest BCUT2D eigenvalue weighted by atomic mass is 32.1. The Bertz CT molecular complexity index is 1740. The van der Waals surface area contributed by atoms with Crippen LogP contribution < -0.4 is 19.7 Å². The molecule has 1 fully saturated rings. The number of pyridine rings is 1. The van der Waals surface area contributed by atoms with E-state index in [9.17, 15) is 9.90 Å². The summed E-state index contributed by atoms with van der Waals surface area (Å²) in [7, 11) is 1.63. The summed E-state index contributed by atoms with van der Waals surface area (Å²) in [6.07, 6.45) is 1.76. The zero-order chi connectivity index (χ0) is 29.2. The molecule has 8 nitrogen and oxygen atoms in total. The summed E-state index contributed by atoms with van der Waals surface area (Å²) in [4.78, 5) is 18.0. The lowest BCUT2D eigenvalue weighted by Crippen LogP contribution is -2.29. The zero-order valence-corrected chi connectivity index (χ0v) is 23.7. The minimum absolute atomic E-state index is 0.231. The van der Waals surface area contributed by atoms with E-state index >= 15 is 0 Å². The summed E-state index contributed by atoms with van der Waals surface area (Å²) in [5.74, 6) is 2.50. The van der Waals surface area contributed by atoms with Crippen molar-refractivity contribution in [1.82, 2.24) is 10.3 Å². The number of carboxylic acid groups (broad SMARTS) is 1. The molecule has 9 heteroatoms. The van der Waals surface area contributed by atoms with Crippen LogP contribution in [0.3, 0.4) is 0 Å². The van der Waals surface area contributed by atoms with Crippen LogP contribution in [0.15, 0.2) is 108 Å². The fourth-order valence-electron chi connectivity index (χ4n) is 5.11. The minimum Gasteiger partial charge on any atom is -0.497 e. The Balaban J connectivity index is 1.33. The highest BCUT2D eigenvalue weighted by Gasteiger charge is 2.42. The van der Waals surface area contributed by atoms with Gasteiger partial charge in [-0.25, -0.2) is 4.79 Å². The topological polar surface area (TPSA) is 97.1 Å². The van der Waals surface area contributed by atoms with E-state index < -0.39 is 5.97 Å². The molecule has 2 atom stereocenters. The van der Waals surface area contributed by atoms with E-state index in [1.54, 1.807) is 31.5 Å². The van der Waals surface area contributed by atoms with Crippen LogP contribution in [0.1, 0.15) is 39.5 Å². The van der Waals surface area contributed by atoms with Crippen molar-refractivity contribution < 1.29 is 23.8 Å². The number of hydrogen-bond acceptors (Lipinski definition) is 6. The summed E-state index contributed by atoms with van der Waals surface area (Å²) in [5.41, 5.74) is 3.54. The SMILES string of the molecule is COc1ccc(Oc2ccc(N3C(=S)N[C@@H](c4ccccn4)[C@H]3c3ccc(-c4ccc(C(=O)O)cc4C)o3)cc2)cc1. The molecule has 0 aliphatic carbocycles. The lowest BCUT2D eigenvalue weighted by molar-refractivity contribution is 0.0696. The number of anilines is 1. The van der Waals surface area contributed by atoms with E-state index in [1.165, 1.54) is 0 Å². The van der Waals surface area contributed by atoms with E-state index in [0.29, 0.717) is 28.1 Å². The zero-order valence-electron chi connectivity index (χ0n) is 22.9. The summed E-state index contributed by atoms with van der Waals surface area (Å²) < 4.78 is 17.7. The molecule has 2 aromatic heterocycles. The summed E-state index contributed by atoms with van der Waals surface area (Å²) in [6.45, 7) is 1.87. The average molecular weight is 578 g/mol. The number of nitrogens with one attached hydrogen (secondary N) is 1. The van der Waals surface area contributed by atoms with Crippen LogP contribution in [-0.4, -0.2) is 28.3 Å². The third-order valence-corrected chi connectivity index (χ3v) is 7.48. The largest absolute Gasteiger partial charge is 0.497 e. The number of furan rings is 1. The lowest BCUT2D eigenvalue weighted by atomic mass is 10.0. The molecule has 6 rings (SSSR count). The molecular weight excluding hydrogens is 550 g/mol. The summed E-state index contributed by atoms with van der Waals surface area (Å²) in [6, 6.07) is 29.1. The van der Waals surface area contributed by atoms with Gasteiger partial charge in [-0.1, -0.05) is 12.1 Å². The first-order valence-corrected chi connectivity index (χ1v) is 13.7. The molecule has 0 radical (unpaired) electrons. The number of aromatic carboxylic acids is 1. The number of nitrogens with zero attached hydrogens (tertiary/aromatic N) is 2. The van der Waals surface area contributed by atoms with Gasteiger partial charge >= 0.3 is 5.97 Å². The molecule has 1 aliphatic rings. The number of carbonyl (C=O) groups is 1. The molecule has 1 aliphatic heterocycles. The van der Waals surface area contributed by atoms with Gasteiger partial charge in [0.25, 0.3) is 0 Å². The molecule has 0 unspecified atom stereocenters. The fraction of sp³-hybridized carbons (Fsp3) is 0.121. The van der Waals surface area contributed by atoms with Gasteiger partial charge in [-0.05, 0) is 110 Å². The normalized spacial score (nSPS) is 16.2. The van der Waals surface area contributed by atoms with Gasteiger partial charge < -0.3 is 29.2 Å². The molecule has 3 aromatic carbocycles. The predicted octanol–water partition coefficient (Wildman–Crippen LogP) is 7.33. The standard InChI is InChI=1S/C33H27N3O5S/c1-20-19-21(32(37)38)6-15-26(20)28-16-17-29(41-28)31-30(27-5-3-4-18-34-27)35-33(42)36(31)22-7-9-24(10-8-22)40-25-13-11-23(39-2)12-14-25/h3-19,30-31H,1-2H3,(H,35,42)(H,37,38)/t30-,31+/m0/s1. The fourth-order valence-corrected chi connectivity index (χ4v) is 5.45. The highest BCUT2D eigenvalue weighted by molar-refractivity contribution is 7.80. The Morgan fingerprint density at radius 1 is 0.952 bits per heavy atom. The Hall–Kier alpha value is -5.15. The quantitative estimate of drug-likeness (QED) is 0.184. The number of benzene rings is 3. The molecule has 5 aromatic rings. The van der Waals surface area contributed by atoms with Crippen molar-refractivity contribution >= 4 is 29.0 Å². The van der Waals surface area contributed by atoms with Gasteiger partial charge in [-0.3, -0.25) is 4.98 Å². The average Bonchev–Trinajstić information content (AvgIpc) is 3.63. The number of methoxy groups -OCH3 is 1. The third-order valence-electron chi connectivity index (χ3n) is 7.17. The van der Waals surface area contributed by atoms with Crippen molar-refractivity contribution in [1.29, 1.82) is 0 Å². The number of rotatable bonds is 8. The van der Waals surface area contributed by atoms with Crippen molar-refractivity contribution in [3.8, 4) is 28.6 Å². The van der Waals surface area contributed by atoms with E-state index in [0.717, 1.165) is 28.3 Å². The Morgan fingerprint density at radius 3 is 2.31 bits per heavy atom. The maximum Gasteiger partial charge on any atom is 0.335 e. The van der Waals surface area contributed by atoms with Gasteiger partial charge in [0.1, 0.15) is 34.8 Å². The Morgan fingerprint density at radius 2 is 1.67 bits per heavy atom. The van der Waals surface area contributed by atoms with Gasteiger partial charge in [-0.2, -0.15) is 0 Å². The first-order chi connectivity index (χ1) is 20.4. The number of thiocarbonyl (C=S) groups is 1. The van der Waals surface area contributed by atoms with E-state index in [4.69, 9.17) is 26.1 Å². The van der Waals surface area contributed by atoms with Crippen LogP contribution in [0.25, 0.3) is 11.3 Å². The van der Waals surface area contributed by atoms with Crippen LogP contribution in [0, 0.1) is 6.92 Å². The van der Waals surface area contributed by atoms with Gasteiger partial charge in [-0.15, -0.1) is 0 Å². The van der Waals surface area contributed by atoms with Crippen LogP contribution in [0.2, 0.25) is 0 Å². The molecule has 0 amide bonds. The molecule has 0 bridgehead atoms. The Labute approximate surface area is 248 Å². The third kappa shape index (κ3) is 5.29. The number of hydrogen-bond donors (Lipinski definition) is 2. The van der Waals surface area contributed by atoms with Gasteiger partial charge in [0.05, 0.1) is 24.4 Å². The van der Waals surface area contributed by atoms with Gasteiger partial charge in [0.2, 0.25) is 0 Å². The lowest BCUT2D eigenvalue weighted by Gasteiger charge is -2.26. The number of aryl methyl sites for hydroxylation is 1. The Kier molecular flexibility index (Phi) is 7.33. The van der Waals surface area contributed by atoms with Gasteiger partial charge in [0.15, 0.2) is 5.11 Å². The molecule has 1 saturated heterocycles. The van der Waals surface area contributed by atoms with Crippen molar-refractivity contribution in [3.05, 3.63) is 126 Å². The van der Waals surface area contributed by atoms with Crippen molar-refractivity contribution in [2.75, 3.05) is 12.0 Å². The van der Waals surface area contributed by atoms with Crippen molar-refractivity contribution in [3.63, 3.8) is 0 Å². The molecular formula is C33H27N3O5S. The second-order valence-electron chi connectivity index (χ2n) is 9.80. The maximum absolute atomic E-state index is 11.4. The van der Waals surface area contributed by atoms with Crippen molar-refractivity contribution in [2.24, 2.45) is 0 Å². The van der Waals surface area contributed by atoms with Crippen LogP contribution in [-0.2, 0) is 0 Å². The second-order valence-corrected chi connectivity index (χ2v) is 10.2. The van der Waals surface area contributed by atoms with E-state index in [1.807, 2.05) is 90.7 Å². The first-order valence-electron chi connectivity index (χ1n) is 13.3. The number of ether oxygens (including phenoxy) is 2. The predicted molar refractivity (Wildman–Crippen MR) is 163 cm³/mol. The first kappa shape index (κ1) is 27.0. The number of carboxylic acids is 1. The van der Waals surface area contributed by atoms with Gasteiger partial charge in [0, 0.05) is 17.4 Å². The molecule has 42 heavy (non-hydrogen) atoms. The molecule has 0 saturated carbocycles. The summed E-state index contributed by atoms with van der Waals surface area (Å²) in [5, 5.41) is 13.3. The van der Waals surface area contributed by atoms with E-state index in [2.05, 4.69) is 10.3 Å². The van der Waals surface area contributed by atoms with Crippen LogP contribution >= 0.6 is 12.2 Å². The van der Waals surface area contributed by atoms with Crippen LogP contribution in [0.5, 0.6) is 17.2 Å². The minimum atomic E-state index is -0.968. The van der Waals surface area contributed by atoms with E-state index in [-0.39, 0.29) is 17.6 Å². The smallest absolute Gasteiger partial charge is 0.335 e. The highest BCUT2D eigenvalue weighted by Crippen LogP contribution is 2.43. The summed E-state index contributed by atoms with van der Waals surface area (Å²) >= 11 is 5.84. The molecule has 210 valence electrons. The molecule has 0 spiro atoms. The monoisotopic (exact) mass is 577 g/mol. The maximum atomic E-state index is 11.4. The molecule has 2 N–H and O–H groups in total. The number of aromatic nitrogens is 1. The second kappa shape index (κ2) is 11.4. The van der Waals surface area contributed by atoms with Crippen molar-refractivity contribution in [2.45, 2.75) is 19.0 Å². The van der Waals surface area contributed by atoms with Crippen LogP contribution in [0.4, 0.5) is 5.69 Å².